The molecule has 28 heavy (non-hydrogen) atoms. The third-order valence-corrected chi connectivity index (χ3v) is 4.79. The zero-order chi connectivity index (χ0) is 19.3. The maximum absolute atomic E-state index is 11.9. The summed E-state index contributed by atoms with van der Waals surface area (Å²) in [4.78, 5) is 25.7. The van der Waals surface area contributed by atoms with Crippen molar-refractivity contribution in [2.24, 2.45) is 0 Å². The van der Waals surface area contributed by atoms with E-state index in [2.05, 4.69) is 38.7 Å². The van der Waals surface area contributed by atoms with E-state index in [1.54, 1.807) is 0 Å². The van der Waals surface area contributed by atoms with E-state index in [1.807, 2.05) is 41.3 Å². The second kappa shape index (κ2) is 7.97. The van der Waals surface area contributed by atoms with Crippen LogP contribution in [0.3, 0.4) is 0 Å². The summed E-state index contributed by atoms with van der Waals surface area (Å²) in [6, 6.07) is 12.0. The number of carbonyl (C=O) groups excluding carboxylic acids is 1. The first-order valence-corrected chi connectivity index (χ1v) is 9.31. The Kier molecular flexibility index (Phi) is 5.07. The molecule has 0 spiro atoms. The number of aromatic amines is 1. The standard InChI is InChI=1S/C22H21N5O/c1-2-20(28)27-12-6-9-18(14-27)26-22-19-13-17(25-21(19)23-15-24-22)11-10-16-7-4-3-5-8-16/h2-5,7-8,13,15,18H,1,6,9,12,14H2,(H2,23,24,25,26). The van der Waals surface area contributed by atoms with Crippen molar-refractivity contribution in [2.75, 3.05) is 18.4 Å². The molecule has 1 unspecified atom stereocenters. The number of piperidine rings is 1. The van der Waals surface area contributed by atoms with Crippen LogP contribution in [-0.4, -0.2) is 44.9 Å². The van der Waals surface area contributed by atoms with Crippen molar-refractivity contribution in [1.29, 1.82) is 0 Å². The molecule has 0 radical (unpaired) electrons. The van der Waals surface area contributed by atoms with Crippen molar-refractivity contribution in [3.63, 3.8) is 0 Å². The largest absolute Gasteiger partial charge is 0.365 e. The molecule has 3 heterocycles. The van der Waals surface area contributed by atoms with E-state index >= 15 is 0 Å². The second-order valence-corrected chi connectivity index (χ2v) is 6.76. The summed E-state index contributed by atoms with van der Waals surface area (Å²) in [5.41, 5.74) is 2.49. The van der Waals surface area contributed by atoms with Crippen molar-refractivity contribution < 1.29 is 4.79 Å². The van der Waals surface area contributed by atoms with Crippen LogP contribution in [-0.2, 0) is 4.79 Å². The molecule has 1 aromatic carbocycles. The highest BCUT2D eigenvalue weighted by Crippen LogP contribution is 2.23. The van der Waals surface area contributed by atoms with Crippen LogP contribution in [0, 0.1) is 11.8 Å². The van der Waals surface area contributed by atoms with E-state index in [4.69, 9.17) is 0 Å². The van der Waals surface area contributed by atoms with Gasteiger partial charge in [0.25, 0.3) is 0 Å². The van der Waals surface area contributed by atoms with Gasteiger partial charge in [-0.2, -0.15) is 0 Å². The van der Waals surface area contributed by atoms with Crippen LogP contribution in [0.15, 0.2) is 55.4 Å². The van der Waals surface area contributed by atoms with Crippen LogP contribution in [0.5, 0.6) is 0 Å². The molecule has 2 aromatic heterocycles. The Labute approximate surface area is 163 Å². The van der Waals surface area contributed by atoms with Crippen molar-refractivity contribution >= 4 is 22.8 Å². The average molecular weight is 371 g/mol. The van der Waals surface area contributed by atoms with Crippen LogP contribution in [0.4, 0.5) is 5.82 Å². The second-order valence-electron chi connectivity index (χ2n) is 6.76. The minimum Gasteiger partial charge on any atom is -0.365 e. The number of anilines is 1. The molecule has 0 bridgehead atoms. The van der Waals surface area contributed by atoms with Gasteiger partial charge in [-0.1, -0.05) is 30.7 Å². The number of hydrogen-bond donors (Lipinski definition) is 2. The van der Waals surface area contributed by atoms with Crippen molar-refractivity contribution in [1.82, 2.24) is 19.9 Å². The number of fused-ring (bicyclic) bond motifs is 1. The van der Waals surface area contributed by atoms with Crippen molar-refractivity contribution in [3.05, 3.63) is 66.6 Å². The van der Waals surface area contributed by atoms with E-state index in [0.29, 0.717) is 6.54 Å². The number of aromatic nitrogens is 3. The van der Waals surface area contributed by atoms with Gasteiger partial charge in [-0.05, 0) is 43.0 Å². The van der Waals surface area contributed by atoms with Gasteiger partial charge in [0.05, 0.1) is 11.1 Å². The van der Waals surface area contributed by atoms with Crippen LogP contribution < -0.4 is 5.32 Å². The highest BCUT2D eigenvalue weighted by Gasteiger charge is 2.23. The van der Waals surface area contributed by atoms with E-state index in [9.17, 15) is 4.79 Å². The van der Waals surface area contributed by atoms with Gasteiger partial charge in [0.2, 0.25) is 5.91 Å². The van der Waals surface area contributed by atoms with Crippen molar-refractivity contribution in [2.45, 2.75) is 18.9 Å². The molecule has 1 fully saturated rings. The maximum atomic E-state index is 11.9. The van der Waals surface area contributed by atoms with E-state index in [0.717, 1.165) is 47.5 Å². The Morgan fingerprint density at radius 1 is 1.29 bits per heavy atom. The normalized spacial score (nSPS) is 16.3. The van der Waals surface area contributed by atoms with E-state index in [1.165, 1.54) is 12.4 Å². The van der Waals surface area contributed by atoms with Gasteiger partial charge >= 0.3 is 0 Å². The third-order valence-electron chi connectivity index (χ3n) is 4.79. The quantitative estimate of drug-likeness (QED) is 0.548. The number of benzene rings is 1. The SMILES string of the molecule is C=CC(=O)N1CCCC(Nc2ncnc3[nH]c(C#Cc4ccccc4)cc23)C1. The number of rotatable bonds is 3. The smallest absolute Gasteiger partial charge is 0.246 e. The molecule has 1 saturated heterocycles. The lowest BCUT2D eigenvalue weighted by atomic mass is 10.1. The number of carbonyl (C=O) groups is 1. The molecule has 4 rings (SSSR count). The number of hydrogen-bond acceptors (Lipinski definition) is 4. The fraction of sp³-hybridized carbons (Fsp3) is 0.227. The zero-order valence-corrected chi connectivity index (χ0v) is 15.5. The predicted octanol–water partition coefficient (Wildman–Crippen LogP) is 2.95. The molecule has 1 atom stereocenters. The van der Waals surface area contributed by atoms with Crippen molar-refractivity contribution in [3.8, 4) is 11.8 Å². The highest BCUT2D eigenvalue weighted by molar-refractivity contribution is 5.89. The average Bonchev–Trinajstić information content (AvgIpc) is 3.17. The molecule has 1 amide bonds. The molecule has 0 aliphatic carbocycles. The Hall–Kier alpha value is -3.59. The molecule has 2 N–H and O–H groups in total. The first kappa shape index (κ1) is 17.8. The first-order chi connectivity index (χ1) is 13.7. The lowest BCUT2D eigenvalue weighted by Gasteiger charge is -2.32. The summed E-state index contributed by atoms with van der Waals surface area (Å²) >= 11 is 0. The molecule has 6 nitrogen and oxygen atoms in total. The molecular formula is C22H21N5O. The number of H-pyrrole nitrogens is 1. The summed E-state index contributed by atoms with van der Waals surface area (Å²) in [6.45, 7) is 4.99. The topological polar surface area (TPSA) is 73.9 Å². The predicted molar refractivity (Wildman–Crippen MR) is 110 cm³/mol. The maximum Gasteiger partial charge on any atom is 0.246 e. The Morgan fingerprint density at radius 3 is 2.96 bits per heavy atom. The van der Waals surface area contributed by atoms with E-state index < -0.39 is 0 Å². The number of amides is 1. The molecule has 140 valence electrons. The third kappa shape index (κ3) is 3.89. The van der Waals surface area contributed by atoms with Crippen LogP contribution in [0.2, 0.25) is 0 Å². The van der Waals surface area contributed by atoms with Crippen LogP contribution >= 0.6 is 0 Å². The van der Waals surface area contributed by atoms with Gasteiger partial charge < -0.3 is 15.2 Å². The van der Waals surface area contributed by atoms with Gasteiger partial charge in [-0.25, -0.2) is 9.97 Å². The summed E-state index contributed by atoms with van der Waals surface area (Å²) in [5.74, 6) is 7.02. The van der Waals surface area contributed by atoms with E-state index in [-0.39, 0.29) is 11.9 Å². The summed E-state index contributed by atoms with van der Waals surface area (Å²) in [7, 11) is 0. The monoisotopic (exact) mass is 371 g/mol. The summed E-state index contributed by atoms with van der Waals surface area (Å²) in [6.07, 6.45) is 4.84. The molecule has 1 aliphatic heterocycles. The highest BCUT2D eigenvalue weighted by atomic mass is 16.2. The fourth-order valence-electron chi connectivity index (χ4n) is 3.40. The molecule has 3 aromatic rings. The van der Waals surface area contributed by atoms with Gasteiger partial charge in [0.15, 0.2) is 0 Å². The Bertz CT molecular complexity index is 1060. The Morgan fingerprint density at radius 2 is 2.14 bits per heavy atom. The minimum atomic E-state index is -0.0283. The summed E-state index contributed by atoms with van der Waals surface area (Å²) < 4.78 is 0. The van der Waals surface area contributed by atoms with Gasteiger partial charge in [-0.15, -0.1) is 0 Å². The van der Waals surface area contributed by atoms with Crippen LogP contribution in [0.25, 0.3) is 11.0 Å². The van der Waals surface area contributed by atoms with Crippen LogP contribution in [0.1, 0.15) is 24.1 Å². The lowest BCUT2D eigenvalue weighted by molar-refractivity contribution is -0.127. The van der Waals surface area contributed by atoms with Gasteiger partial charge in [0.1, 0.15) is 17.8 Å². The zero-order valence-electron chi connectivity index (χ0n) is 15.5. The molecule has 1 aliphatic rings. The minimum absolute atomic E-state index is 0.0283. The van der Waals surface area contributed by atoms with Gasteiger partial charge in [0, 0.05) is 24.7 Å². The molecule has 6 heteroatoms. The first-order valence-electron chi connectivity index (χ1n) is 9.31. The Balaban J connectivity index is 1.55. The fourth-order valence-corrected chi connectivity index (χ4v) is 3.40. The van der Waals surface area contributed by atoms with Gasteiger partial charge in [-0.3, -0.25) is 4.79 Å². The number of nitrogens with zero attached hydrogens (tertiary/aromatic N) is 3. The molecule has 0 saturated carbocycles. The summed E-state index contributed by atoms with van der Waals surface area (Å²) in [5, 5.41) is 4.37. The number of nitrogens with one attached hydrogen (secondary N) is 2. The lowest BCUT2D eigenvalue weighted by Crippen LogP contribution is -2.44. The number of likely N-dealkylation sites (tertiary alicyclic amines) is 1. The molecular weight excluding hydrogens is 350 g/mol.